The minimum Gasteiger partial charge on any atom is -0.436 e. The van der Waals surface area contributed by atoms with E-state index in [4.69, 9.17) is 16.0 Å². The molecule has 0 saturated heterocycles. The Morgan fingerprint density at radius 3 is 2.61 bits per heavy atom. The third-order valence-electron chi connectivity index (χ3n) is 2.64. The van der Waals surface area contributed by atoms with Crippen LogP contribution in [0.4, 0.5) is 0 Å². The number of benzene rings is 1. The van der Waals surface area contributed by atoms with Crippen molar-refractivity contribution in [3.8, 4) is 0 Å². The first-order valence-electron chi connectivity index (χ1n) is 5.56. The fraction of sp³-hybridized carbons (Fsp3) is 0.308. The van der Waals surface area contributed by atoms with Crippen LogP contribution in [0, 0.1) is 13.8 Å². The molecule has 1 atom stereocenters. The first-order chi connectivity index (χ1) is 8.47. The molecule has 0 aliphatic rings. The maximum absolute atomic E-state index is 9.47. The summed E-state index contributed by atoms with van der Waals surface area (Å²) in [5, 5.41) is 10.6. The molecule has 0 spiro atoms. The third kappa shape index (κ3) is 2.88. The SMILES string of the molecule is Cc1nc(Sc2ccc(C(C)O)cc2Cl)oc1C. The van der Waals surface area contributed by atoms with Crippen LogP contribution in [0.15, 0.2) is 32.7 Å². The van der Waals surface area contributed by atoms with Gasteiger partial charge in [0.1, 0.15) is 5.76 Å². The maximum atomic E-state index is 9.47. The zero-order chi connectivity index (χ0) is 13.3. The van der Waals surface area contributed by atoms with Crippen molar-refractivity contribution in [2.24, 2.45) is 0 Å². The lowest BCUT2D eigenvalue weighted by Gasteiger charge is -2.07. The van der Waals surface area contributed by atoms with E-state index in [0.29, 0.717) is 10.2 Å². The number of halogens is 1. The van der Waals surface area contributed by atoms with E-state index >= 15 is 0 Å². The van der Waals surface area contributed by atoms with Gasteiger partial charge in [0, 0.05) is 4.90 Å². The van der Waals surface area contributed by atoms with Gasteiger partial charge in [0.25, 0.3) is 5.22 Å². The summed E-state index contributed by atoms with van der Waals surface area (Å²) in [4.78, 5) is 5.16. The summed E-state index contributed by atoms with van der Waals surface area (Å²) in [6.45, 7) is 5.49. The van der Waals surface area contributed by atoms with Gasteiger partial charge in [-0.2, -0.15) is 0 Å². The molecule has 0 aliphatic carbocycles. The maximum Gasteiger partial charge on any atom is 0.261 e. The highest BCUT2D eigenvalue weighted by Crippen LogP contribution is 2.34. The van der Waals surface area contributed by atoms with E-state index in [1.54, 1.807) is 13.0 Å². The van der Waals surface area contributed by atoms with Gasteiger partial charge in [0.2, 0.25) is 0 Å². The number of oxazole rings is 1. The van der Waals surface area contributed by atoms with Crippen molar-refractivity contribution in [3.05, 3.63) is 40.2 Å². The molecule has 5 heteroatoms. The van der Waals surface area contributed by atoms with Gasteiger partial charge in [-0.1, -0.05) is 17.7 Å². The zero-order valence-electron chi connectivity index (χ0n) is 10.4. The van der Waals surface area contributed by atoms with Crippen molar-refractivity contribution in [1.82, 2.24) is 4.98 Å². The molecule has 0 saturated carbocycles. The standard InChI is InChI=1S/C13H14ClNO2S/c1-7-9(3)17-13(15-7)18-12-5-4-10(8(2)16)6-11(12)14/h4-6,8,16H,1-3H3. The first-order valence-corrected chi connectivity index (χ1v) is 6.76. The molecule has 1 heterocycles. The van der Waals surface area contributed by atoms with Gasteiger partial charge in [0.05, 0.1) is 16.8 Å². The van der Waals surface area contributed by atoms with E-state index in [1.807, 2.05) is 26.0 Å². The second kappa shape index (κ2) is 5.34. The van der Waals surface area contributed by atoms with E-state index < -0.39 is 6.10 Å². The lowest BCUT2D eigenvalue weighted by Crippen LogP contribution is -1.90. The predicted octanol–water partition coefficient (Wildman–Crippen LogP) is 4.15. The molecule has 2 rings (SSSR count). The van der Waals surface area contributed by atoms with Crippen molar-refractivity contribution in [2.75, 3.05) is 0 Å². The number of aromatic nitrogens is 1. The van der Waals surface area contributed by atoms with Gasteiger partial charge >= 0.3 is 0 Å². The van der Waals surface area contributed by atoms with Crippen molar-refractivity contribution in [1.29, 1.82) is 0 Å². The number of nitrogens with zero attached hydrogens (tertiary/aromatic N) is 1. The minimum absolute atomic E-state index is 0.521. The highest BCUT2D eigenvalue weighted by Gasteiger charge is 2.11. The highest BCUT2D eigenvalue weighted by atomic mass is 35.5. The molecule has 0 fully saturated rings. The van der Waals surface area contributed by atoms with E-state index in [1.165, 1.54) is 11.8 Å². The number of rotatable bonds is 3. The average molecular weight is 284 g/mol. The van der Waals surface area contributed by atoms with Gasteiger partial charge in [-0.05, 0) is 50.2 Å². The van der Waals surface area contributed by atoms with Crippen LogP contribution < -0.4 is 0 Å². The lowest BCUT2D eigenvalue weighted by molar-refractivity contribution is 0.199. The molecule has 1 aromatic heterocycles. The van der Waals surface area contributed by atoms with Crippen LogP contribution in [-0.2, 0) is 0 Å². The predicted molar refractivity (Wildman–Crippen MR) is 72.2 cm³/mol. The molecule has 1 unspecified atom stereocenters. The molecule has 0 aliphatic heterocycles. The molecule has 1 aromatic carbocycles. The molecule has 0 radical (unpaired) electrons. The van der Waals surface area contributed by atoms with Crippen LogP contribution in [0.25, 0.3) is 0 Å². The number of hydrogen-bond donors (Lipinski definition) is 1. The fourth-order valence-corrected chi connectivity index (χ4v) is 2.58. The van der Waals surface area contributed by atoms with E-state index in [2.05, 4.69) is 4.98 Å². The summed E-state index contributed by atoms with van der Waals surface area (Å²) >= 11 is 7.55. The van der Waals surface area contributed by atoms with Crippen molar-refractivity contribution in [3.63, 3.8) is 0 Å². The van der Waals surface area contributed by atoms with Gasteiger partial charge in [-0.15, -0.1) is 0 Å². The lowest BCUT2D eigenvalue weighted by atomic mass is 10.1. The smallest absolute Gasteiger partial charge is 0.261 e. The molecule has 0 bridgehead atoms. The summed E-state index contributed by atoms with van der Waals surface area (Å²) in [5.74, 6) is 0.814. The fourth-order valence-electron chi connectivity index (χ4n) is 1.44. The zero-order valence-corrected chi connectivity index (χ0v) is 12.0. The second-order valence-electron chi connectivity index (χ2n) is 4.09. The Kier molecular flexibility index (Phi) is 4.00. The number of aliphatic hydroxyl groups is 1. The summed E-state index contributed by atoms with van der Waals surface area (Å²) in [5.41, 5.74) is 1.68. The monoisotopic (exact) mass is 283 g/mol. The van der Waals surface area contributed by atoms with Crippen LogP contribution in [0.2, 0.25) is 5.02 Å². The second-order valence-corrected chi connectivity index (χ2v) is 5.49. The molecule has 96 valence electrons. The third-order valence-corrected chi connectivity index (χ3v) is 3.99. The summed E-state index contributed by atoms with van der Waals surface area (Å²) in [6, 6.07) is 5.47. The summed E-state index contributed by atoms with van der Waals surface area (Å²) in [6.07, 6.45) is -0.521. The van der Waals surface area contributed by atoms with E-state index in [0.717, 1.165) is 21.9 Å². The molecule has 2 aromatic rings. The van der Waals surface area contributed by atoms with Crippen LogP contribution >= 0.6 is 23.4 Å². The normalized spacial score (nSPS) is 12.7. The number of aryl methyl sites for hydroxylation is 2. The van der Waals surface area contributed by atoms with Crippen molar-refractivity contribution in [2.45, 2.75) is 37.0 Å². The average Bonchev–Trinajstić information content (AvgIpc) is 2.61. The molecular formula is C13H14ClNO2S. The Labute approximate surface area is 115 Å². The molecule has 3 nitrogen and oxygen atoms in total. The van der Waals surface area contributed by atoms with E-state index in [-0.39, 0.29) is 0 Å². The first kappa shape index (κ1) is 13.5. The Balaban J connectivity index is 2.24. The molecule has 1 N–H and O–H groups in total. The van der Waals surface area contributed by atoms with E-state index in [9.17, 15) is 5.11 Å². The van der Waals surface area contributed by atoms with Crippen LogP contribution in [0.1, 0.15) is 30.0 Å². The van der Waals surface area contributed by atoms with Gasteiger partial charge < -0.3 is 9.52 Å². The Bertz CT molecular complexity index is 547. The Morgan fingerprint density at radius 1 is 1.39 bits per heavy atom. The quantitative estimate of drug-likeness (QED) is 0.919. The number of hydrogen-bond acceptors (Lipinski definition) is 4. The Hall–Kier alpha value is -0.970. The summed E-state index contributed by atoms with van der Waals surface area (Å²) in [7, 11) is 0. The van der Waals surface area contributed by atoms with Gasteiger partial charge in [0.15, 0.2) is 0 Å². The molecule has 0 amide bonds. The number of aliphatic hydroxyl groups excluding tert-OH is 1. The van der Waals surface area contributed by atoms with Crippen LogP contribution in [-0.4, -0.2) is 10.1 Å². The van der Waals surface area contributed by atoms with Crippen molar-refractivity contribution >= 4 is 23.4 Å². The largest absolute Gasteiger partial charge is 0.436 e. The summed E-state index contributed by atoms with van der Waals surface area (Å²) < 4.78 is 5.49. The topological polar surface area (TPSA) is 46.3 Å². The minimum atomic E-state index is -0.521. The molecule has 18 heavy (non-hydrogen) atoms. The molecular weight excluding hydrogens is 270 g/mol. The Morgan fingerprint density at radius 2 is 2.11 bits per heavy atom. The van der Waals surface area contributed by atoms with Crippen LogP contribution in [0.5, 0.6) is 0 Å². The van der Waals surface area contributed by atoms with Gasteiger partial charge in [-0.25, -0.2) is 4.98 Å². The van der Waals surface area contributed by atoms with Crippen molar-refractivity contribution < 1.29 is 9.52 Å². The van der Waals surface area contributed by atoms with Gasteiger partial charge in [-0.3, -0.25) is 0 Å². The van der Waals surface area contributed by atoms with Crippen LogP contribution in [0.3, 0.4) is 0 Å². The highest BCUT2D eigenvalue weighted by molar-refractivity contribution is 7.99.